The van der Waals surface area contributed by atoms with Crippen molar-refractivity contribution in [2.75, 3.05) is 13.1 Å². The van der Waals surface area contributed by atoms with Crippen LogP contribution in [0.1, 0.15) is 61.3 Å². The van der Waals surface area contributed by atoms with E-state index in [0.29, 0.717) is 25.1 Å². The molecule has 1 unspecified atom stereocenters. The van der Waals surface area contributed by atoms with Gasteiger partial charge in [0.2, 0.25) is 12.3 Å². The first-order valence-electron chi connectivity index (χ1n) is 9.75. The van der Waals surface area contributed by atoms with Gasteiger partial charge < -0.3 is 14.0 Å². The van der Waals surface area contributed by atoms with Gasteiger partial charge in [0, 0.05) is 41.7 Å². The first-order valence-corrected chi connectivity index (χ1v) is 9.75. The van der Waals surface area contributed by atoms with Gasteiger partial charge in [0.1, 0.15) is 6.04 Å². The molecule has 1 fully saturated rings. The number of ketones is 1. The fraction of sp³-hybridized carbons (Fsp3) is 0.429. The van der Waals surface area contributed by atoms with Gasteiger partial charge in [-0.15, -0.1) is 0 Å². The van der Waals surface area contributed by atoms with Crippen LogP contribution < -0.4 is 0 Å². The third-order valence-electron chi connectivity index (χ3n) is 5.68. The lowest BCUT2D eigenvalue weighted by Crippen LogP contribution is -2.42. The van der Waals surface area contributed by atoms with Crippen LogP contribution in [-0.2, 0) is 4.79 Å². The lowest BCUT2D eigenvalue weighted by molar-refractivity contribution is -0.135. The summed E-state index contributed by atoms with van der Waals surface area (Å²) >= 11 is 0. The molecular formula is C21H24N4O3. The van der Waals surface area contributed by atoms with Crippen LogP contribution in [0.2, 0.25) is 0 Å². The molecule has 146 valence electrons. The minimum absolute atomic E-state index is 0.0122. The zero-order valence-corrected chi connectivity index (χ0v) is 16.2. The normalized spacial score (nSPS) is 16.4. The van der Waals surface area contributed by atoms with Gasteiger partial charge in [-0.2, -0.15) is 4.98 Å². The smallest absolute Gasteiger partial charge is 0.245 e. The highest BCUT2D eigenvalue weighted by Crippen LogP contribution is 2.30. The van der Waals surface area contributed by atoms with E-state index >= 15 is 0 Å². The highest BCUT2D eigenvalue weighted by atomic mass is 16.5. The Hall–Kier alpha value is -2.96. The molecule has 7 heteroatoms. The van der Waals surface area contributed by atoms with E-state index in [1.165, 1.54) is 6.39 Å². The molecule has 28 heavy (non-hydrogen) atoms. The minimum atomic E-state index is -0.320. The molecule has 0 saturated carbocycles. The molecule has 1 aliphatic rings. The lowest BCUT2D eigenvalue weighted by Gasteiger charge is -2.33. The number of hydrogen-bond donors (Lipinski definition) is 0. The Morgan fingerprint density at radius 1 is 1.25 bits per heavy atom. The van der Waals surface area contributed by atoms with Gasteiger partial charge in [-0.1, -0.05) is 30.3 Å². The van der Waals surface area contributed by atoms with E-state index in [1.807, 2.05) is 46.9 Å². The van der Waals surface area contributed by atoms with Crippen molar-refractivity contribution in [3.63, 3.8) is 0 Å². The number of likely N-dealkylation sites (tertiary alicyclic amines) is 1. The second-order valence-corrected chi connectivity index (χ2v) is 7.34. The molecule has 7 nitrogen and oxygen atoms in total. The largest absolute Gasteiger partial charge is 0.343 e. The first-order chi connectivity index (χ1) is 13.6. The van der Waals surface area contributed by atoms with E-state index < -0.39 is 0 Å². The van der Waals surface area contributed by atoms with Crippen molar-refractivity contribution >= 4 is 22.6 Å². The molecule has 1 aliphatic heterocycles. The molecule has 0 N–H and O–H groups in total. The Labute approximate surface area is 163 Å². The summed E-state index contributed by atoms with van der Waals surface area (Å²) in [5.74, 6) is 1.07. The van der Waals surface area contributed by atoms with Crippen LogP contribution >= 0.6 is 0 Å². The zero-order valence-electron chi connectivity index (χ0n) is 16.2. The number of rotatable bonds is 5. The van der Waals surface area contributed by atoms with E-state index in [2.05, 4.69) is 10.1 Å². The number of Topliss-reactive ketones (excluding diaryl/α,β-unsaturated/α-hetero) is 1. The van der Waals surface area contributed by atoms with Crippen LogP contribution in [0, 0.1) is 0 Å². The molecule has 1 aromatic carbocycles. The molecule has 0 radical (unpaired) electrons. The molecule has 3 heterocycles. The Kier molecular flexibility index (Phi) is 4.98. The molecule has 2 aromatic heterocycles. The van der Waals surface area contributed by atoms with Gasteiger partial charge in [-0.05, 0) is 32.3 Å². The average Bonchev–Trinajstić information content (AvgIpc) is 3.37. The predicted molar refractivity (Wildman–Crippen MR) is 104 cm³/mol. The SMILES string of the molecule is CCC(C(=O)N1CCC(c2ncon2)CC1)n1cc(C(C)=O)c2ccccc21. The monoisotopic (exact) mass is 380 g/mol. The Morgan fingerprint density at radius 2 is 2.00 bits per heavy atom. The average molecular weight is 380 g/mol. The van der Waals surface area contributed by atoms with E-state index in [-0.39, 0.29) is 23.7 Å². The van der Waals surface area contributed by atoms with Gasteiger partial charge in [0.15, 0.2) is 11.6 Å². The van der Waals surface area contributed by atoms with Crippen LogP contribution in [0.25, 0.3) is 10.9 Å². The fourth-order valence-electron chi connectivity index (χ4n) is 4.16. The molecule has 1 saturated heterocycles. The van der Waals surface area contributed by atoms with Gasteiger partial charge >= 0.3 is 0 Å². The molecule has 3 aromatic rings. The zero-order chi connectivity index (χ0) is 19.7. The molecule has 0 spiro atoms. The maximum Gasteiger partial charge on any atom is 0.245 e. The van der Waals surface area contributed by atoms with Gasteiger partial charge in [0.25, 0.3) is 0 Å². The molecule has 0 aliphatic carbocycles. The number of fused-ring (bicyclic) bond motifs is 1. The third kappa shape index (κ3) is 3.21. The highest BCUT2D eigenvalue weighted by Gasteiger charge is 2.31. The number of piperidine rings is 1. The van der Waals surface area contributed by atoms with Crippen molar-refractivity contribution in [2.24, 2.45) is 0 Å². The highest BCUT2D eigenvalue weighted by molar-refractivity contribution is 6.07. The second kappa shape index (κ2) is 7.58. The Morgan fingerprint density at radius 3 is 2.64 bits per heavy atom. The molecule has 1 amide bonds. The first kappa shape index (κ1) is 18.4. The summed E-state index contributed by atoms with van der Waals surface area (Å²) < 4.78 is 6.82. The molecule has 1 atom stereocenters. The summed E-state index contributed by atoms with van der Waals surface area (Å²) in [6.07, 6.45) is 5.51. The maximum atomic E-state index is 13.3. The lowest BCUT2D eigenvalue weighted by atomic mass is 9.95. The standard InChI is InChI=1S/C21H24N4O3/c1-3-18(25-12-17(14(2)26)16-6-4-5-7-19(16)25)21(27)24-10-8-15(9-11-24)20-22-13-28-23-20/h4-7,12-13,15,18H,3,8-11H2,1-2H3. The van der Waals surface area contributed by atoms with Crippen molar-refractivity contribution in [2.45, 2.75) is 45.1 Å². The second-order valence-electron chi connectivity index (χ2n) is 7.34. The number of para-hydroxylation sites is 1. The third-order valence-corrected chi connectivity index (χ3v) is 5.68. The summed E-state index contributed by atoms with van der Waals surface area (Å²) in [7, 11) is 0. The van der Waals surface area contributed by atoms with Crippen LogP contribution in [0.15, 0.2) is 41.4 Å². The van der Waals surface area contributed by atoms with Crippen molar-refractivity contribution in [3.8, 4) is 0 Å². The van der Waals surface area contributed by atoms with Gasteiger partial charge in [0.05, 0.1) is 0 Å². The minimum Gasteiger partial charge on any atom is -0.343 e. The molecule has 0 bridgehead atoms. The van der Waals surface area contributed by atoms with Crippen LogP contribution in [0.3, 0.4) is 0 Å². The molecular weight excluding hydrogens is 356 g/mol. The van der Waals surface area contributed by atoms with Crippen LogP contribution in [0.5, 0.6) is 0 Å². The summed E-state index contributed by atoms with van der Waals surface area (Å²) in [5.41, 5.74) is 1.59. The predicted octanol–water partition coefficient (Wildman–Crippen LogP) is 3.58. The van der Waals surface area contributed by atoms with E-state index in [0.717, 1.165) is 29.6 Å². The number of aromatic nitrogens is 3. The van der Waals surface area contributed by atoms with Crippen LogP contribution in [-0.4, -0.2) is 44.4 Å². The van der Waals surface area contributed by atoms with E-state index in [4.69, 9.17) is 4.52 Å². The molecule has 4 rings (SSSR count). The van der Waals surface area contributed by atoms with Crippen molar-refractivity contribution in [1.82, 2.24) is 19.6 Å². The number of carbonyl (C=O) groups is 2. The summed E-state index contributed by atoms with van der Waals surface area (Å²) in [5, 5.41) is 4.84. The summed E-state index contributed by atoms with van der Waals surface area (Å²) in [6, 6.07) is 7.46. The maximum absolute atomic E-state index is 13.3. The summed E-state index contributed by atoms with van der Waals surface area (Å²) in [6.45, 7) is 4.93. The number of hydrogen-bond acceptors (Lipinski definition) is 5. The summed E-state index contributed by atoms with van der Waals surface area (Å²) in [4.78, 5) is 31.5. The Balaban J connectivity index is 1.57. The van der Waals surface area contributed by atoms with Crippen molar-refractivity contribution in [3.05, 3.63) is 48.2 Å². The quantitative estimate of drug-likeness (QED) is 0.632. The number of amides is 1. The van der Waals surface area contributed by atoms with Crippen molar-refractivity contribution in [1.29, 1.82) is 0 Å². The van der Waals surface area contributed by atoms with Crippen molar-refractivity contribution < 1.29 is 14.1 Å². The van der Waals surface area contributed by atoms with E-state index in [1.54, 1.807) is 6.92 Å². The Bertz CT molecular complexity index is 984. The fourth-order valence-corrected chi connectivity index (χ4v) is 4.16. The van der Waals surface area contributed by atoms with Gasteiger partial charge in [-0.3, -0.25) is 9.59 Å². The topological polar surface area (TPSA) is 81.2 Å². The number of benzene rings is 1. The van der Waals surface area contributed by atoms with Gasteiger partial charge in [-0.25, -0.2) is 0 Å². The van der Waals surface area contributed by atoms with Crippen LogP contribution in [0.4, 0.5) is 0 Å². The number of nitrogens with zero attached hydrogens (tertiary/aromatic N) is 4. The number of carbonyl (C=O) groups excluding carboxylic acids is 2. The van der Waals surface area contributed by atoms with E-state index in [9.17, 15) is 9.59 Å².